The quantitative estimate of drug-likeness (QED) is 0.566. The molecular weight excluding hydrogens is 408 g/mol. The summed E-state index contributed by atoms with van der Waals surface area (Å²) in [7, 11) is 0. The lowest BCUT2D eigenvalue weighted by Crippen LogP contribution is -2.48. The summed E-state index contributed by atoms with van der Waals surface area (Å²) in [4.78, 5) is 30.4. The molecule has 1 saturated heterocycles. The molecule has 1 N–H and O–H groups in total. The van der Waals surface area contributed by atoms with Crippen molar-refractivity contribution in [2.45, 2.75) is 40.0 Å². The van der Waals surface area contributed by atoms with Gasteiger partial charge >= 0.3 is 0 Å². The minimum atomic E-state index is 0.222. The zero-order chi connectivity index (χ0) is 21.8. The summed E-state index contributed by atoms with van der Waals surface area (Å²) in [5, 5.41) is 4.29. The third-order valence-corrected chi connectivity index (χ3v) is 6.66. The van der Waals surface area contributed by atoms with E-state index in [1.807, 2.05) is 24.8 Å². The van der Waals surface area contributed by atoms with E-state index in [-0.39, 0.29) is 5.91 Å². The molecule has 7 nitrogen and oxygen atoms in total. The van der Waals surface area contributed by atoms with Crippen molar-refractivity contribution in [3.63, 3.8) is 0 Å². The van der Waals surface area contributed by atoms with Gasteiger partial charge < -0.3 is 15.1 Å². The molecule has 31 heavy (non-hydrogen) atoms. The molecule has 2 aromatic heterocycles. The Kier molecular flexibility index (Phi) is 6.65. The third-order valence-electron chi connectivity index (χ3n) is 5.59. The number of nitrogens with one attached hydrogen (secondary N) is 1. The molecule has 1 aliphatic rings. The van der Waals surface area contributed by atoms with Crippen molar-refractivity contribution in [3.8, 4) is 0 Å². The lowest BCUT2D eigenvalue weighted by Gasteiger charge is -2.34. The van der Waals surface area contributed by atoms with E-state index in [0.29, 0.717) is 18.9 Å². The zero-order valence-electron chi connectivity index (χ0n) is 18.5. The summed E-state index contributed by atoms with van der Waals surface area (Å²) in [6.45, 7) is 9.96. The molecule has 0 saturated carbocycles. The van der Waals surface area contributed by atoms with Crippen LogP contribution in [0.4, 0.5) is 11.1 Å². The molecule has 3 heterocycles. The topological polar surface area (TPSA) is 74.2 Å². The van der Waals surface area contributed by atoms with Crippen molar-refractivity contribution < 1.29 is 4.79 Å². The molecule has 3 aromatic rings. The van der Waals surface area contributed by atoms with Gasteiger partial charge in [0, 0.05) is 50.5 Å². The summed E-state index contributed by atoms with van der Waals surface area (Å²) in [5.74, 6) is 0.861. The molecule has 0 atom stereocenters. The van der Waals surface area contributed by atoms with E-state index in [2.05, 4.69) is 45.3 Å². The number of rotatable bonds is 7. The smallest absolute Gasteiger partial charge is 0.223 e. The molecule has 1 fully saturated rings. The number of aromatic nitrogens is 3. The number of aryl methyl sites for hydroxylation is 3. The van der Waals surface area contributed by atoms with Crippen LogP contribution in [0.25, 0.3) is 10.2 Å². The van der Waals surface area contributed by atoms with Crippen LogP contribution in [0.15, 0.2) is 24.3 Å². The second-order valence-corrected chi connectivity index (χ2v) is 9.03. The van der Waals surface area contributed by atoms with Gasteiger partial charge in [-0.2, -0.15) is 0 Å². The van der Waals surface area contributed by atoms with Crippen molar-refractivity contribution in [1.29, 1.82) is 0 Å². The largest absolute Gasteiger partial charge is 0.354 e. The molecule has 0 spiro atoms. The van der Waals surface area contributed by atoms with Crippen LogP contribution in [0.3, 0.4) is 0 Å². The number of carbonyl (C=O) groups is 1. The maximum Gasteiger partial charge on any atom is 0.223 e. The number of fused-ring (bicyclic) bond motifs is 1. The molecule has 8 heteroatoms. The average molecular weight is 439 g/mol. The summed E-state index contributed by atoms with van der Waals surface area (Å²) in [6, 6.07) is 8.47. The first-order valence-corrected chi connectivity index (χ1v) is 11.8. The minimum absolute atomic E-state index is 0.222. The van der Waals surface area contributed by atoms with E-state index in [4.69, 9.17) is 4.98 Å². The first-order valence-electron chi connectivity index (χ1n) is 11.0. The molecule has 0 radical (unpaired) electrons. The molecule has 4 rings (SSSR count). The fourth-order valence-corrected chi connectivity index (χ4v) is 4.94. The Morgan fingerprint density at radius 3 is 2.52 bits per heavy atom. The number of amides is 1. The standard InChI is InChI=1S/C23H30N6OS/c1-4-18-7-8-19-20(15-18)31-23(27-19)29-12-10-28(11-13-29)21(30)6-5-9-24-22-25-16(2)14-17(3)26-22/h7-8,14-15H,4-6,9-13H2,1-3H3,(H,24,25,26). The number of hydrogen-bond donors (Lipinski definition) is 1. The van der Waals surface area contributed by atoms with Gasteiger partial charge in [0.25, 0.3) is 0 Å². The SMILES string of the molecule is CCc1ccc2nc(N3CCN(C(=O)CCCNc4nc(C)cc(C)n4)CC3)sc2c1. The highest BCUT2D eigenvalue weighted by Gasteiger charge is 2.22. The summed E-state index contributed by atoms with van der Waals surface area (Å²) < 4.78 is 1.24. The van der Waals surface area contributed by atoms with E-state index < -0.39 is 0 Å². The Labute approximate surface area is 187 Å². The van der Waals surface area contributed by atoms with Crippen LogP contribution in [0.1, 0.15) is 36.7 Å². The lowest BCUT2D eigenvalue weighted by molar-refractivity contribution is -0.131. The monoisotopic (exact) mass is 438 g/mol. The van der Waals surface area contributed by atoms with Gasteiger partial charge in [0.15, 0.2) is 5.13 Å². The Morgan fingerprint density at radius 2 is 1.81 bits per heavy atom. The van der Waals surface area contributed by atoms with Crippen molar-refractivity contribution in [3.05, 3.63) is 41.2 Å². The van der Waals surface area contributed by atoms with Crippen LogP contribution in [0, 0.1) is 13.8 Å². The molecule has 0 bridgehead atoms. The maximum absolute atomic E-state index is 12.6. The lowest BCUT2D eigenvalue weighted by atomic mass is 10.2. The highest BCUT2D eigenvalue weighted by Crippen LogP contribution is 2.30. The number of carbonyl (C=O) groups excluding carboxylic acids is 1. The number of piperazine rings is 1. The molecular formula is C23H30N6OS. The van der Waals surface area contributed by atoms with Gasteiger partial charge in [-0.1, -0.05) is 24.3 Å². The van der Waals surface area contributed by atoms with Crippen molar-refractivity contribution in [2.75, 3.05) is 42.9 Å². The normalized spacial score (nSPS) is 14.3. The van der Waals surface area contributed by atoms with Gasteiger partial charge in [-0.05, 0) is 50.5 Å². The first kappa shape index (κ1) is 21.5. The Hall–Kier alpha value is -2.74. The van der Waals surface area contributed by atoms with Gasteiger partial charge in [-0.3, -0.25) is 4.79 Å². The van der Waals surface area contributed by atoms with E-state index >= 15 is 0 Å². The highest BCUT2D eigenvalue weighted by atomic mass is 32.1. The van der Waals surface area contributed by atoms with Crippen LogP contribution in [0.5, 0.6) is 0 Å². The molecule has 0 aliphatic carbocycles. The molecule has 1 aromatic carbocycles. The molecule has 1 aliphatic heterocycles. The first-order chi connectivity index (χ1) is 15.0. The predicted molar refractivity (Wildman–Crippen MR) is 127 cm³/mol. The van der Waals surface area contributed by atoms with Crippen LogP contribution in [-0.4, -0.2) is 58.5 Å². The number of thiazole rings is 1. The van der Waals surface area contributed by atoms with Crippen LogP contribution >= 0.6 is 11.3 Å². The van der Waals surface area contributed by atoms with Gasteiger partial charge in [-0.25, -0.2) is 15.0 Å². The van der Waals surface area contributed by atoms with E-state index in [1.54, 1.807) is 11.3 Å². The maximum atomic E-state index is 12.6. The second-order valence-electron chi connectivity index (χ2n) is 8.02. The number of hydrogen-bond acceptors (Lipinski definition) is 7. The Balaban J connectivity index is 1.23. The number of nitrogens with zero attached hydrogens (tertiary/aromatic N) is 5. The molecule has 164 valence electrons. The number of benzene rings is 1. The summed E-state index contributed by atoms with van der Waals surface area (Å²) >= 11 is 1.75. The van der Waals surface area contributed by atoms with Crippen molar-refractivity contribution >= 4 is 38.5 Å². The fraction of sp³-hybridized carbons (Fsp3) is 0.478. The van der Waals surface area contributed by atoms with Crippen LogP contribution in [-0.2, 0) is 11.2 Å². The van der Waals surface area contributed by atoms with E-state index in [0.717, 1.165) is 61.1 Å². The highest BCUT2D eigenvalue weighted by molar-refractivity contribution is 7.22. The molecule has 0 unspecified atom stereocenters. The Morgan fingerprint density at radius 1 is 1.06 bits per heavy atom. The second kappa shape index (κ2) is 9.60. The van der Waals surface area contributed by atoms with Crippen molar-refractivity contribution in [2.24, 2.45) is 0 Å². The summed E-state index contributed by atoms with van der Waals surface area (Å²) in [6.07, 6.45) is 2.35. The van der Waals surface area contributed by atoms with Gasteiger partial charge in [0.2, 0.25) is 11.9 Å². The summed E-state index contributed by atoms with van der Waals surface area (Å²) in [5.41, 5.74) is 4.30. The van der Waals surface area contributed by atoms with E-state index in [9.17, 15) is 4.79 Å². The zero-order valence-corrected chi connectivity index (χ0v) is 19.3. The average Bonchev–Trinajstić information content (AvgIpc) is 3.19. The van der Waals surface area contributed by atoms with Crippen LogP contribution < -0.4 is 10.2 Å². The molecule has 1 amide bonds. The third kappa shape index (κ3) is 5.31. The predicted octanol–water partition coefficient (Wildman–Crippen LogP) is 3.81. The van der Waals surface area contributed by atoms with Crippen molar-refractivity contribution in [1.82, 2.24) is 19.9 Å². The fourth-order valence-electron chi connectivity index (χ4n) is 3.86. The minimum Gasteiger partial charge on any atom is -0.354 e. The van der Waals surface area contributed by atoms with E-state index in [1.165, 1.54) is 10.3 Å². The Bertz CT molecular complexity index is 1040. The van der Waals surface area contributed by atoms with Gasteiger partial charge in [-0.15, -0.1) is 0 Å². The van der Waals surface area contributed by atoms with Gasteiger partial charge in [0.05, 0.1) is 10.2 Å². The number of anilines is 2. The van der Waals surface area contributed by atoms with Gasteiger partial charge in [0.1, 0.15) is 0 Å². The van der Waals surface area contributed by atoms with Crippen LogP contribution in [0.2, 0.25) is 0 Å².